The minimum absolute atomic E-state index is 0.0852. The van der Waals surface area contributed by atoms with E-state index in [4.69, 9.17) is 28.9 Å². The average molecular weight is 316 g/mol. The molecule has 2 rings (SSSR count). The summed E-state index contributed by atoms with van der Waals surface area (Å²) in [7, 11) is 0. The third-order valence-corrected chi connectivity index (χ3v) is 4.61. The fourth-order valence-corrected chi connectivity index (χ4v) is 3.03. The lowest BCUT2D eigenvalue weighted by Crippen LogP contribution is -2.44. The summed E-state index contributed by atoms with van der Waals surface area (Å²) < 4.78 is 0. The number of carbonyl (C=O) groups is 1. The fraction of sp³-hybridized carbons (Fsp3) is 0.500. The van der Waals surface area contributed by atoms with Crippen LogP contribution in [0.15, 0.2) is 6.07 Å². The maximum absolute atomic E-state index is 12.4. The van der Waals surface area contributed by atoms with Gasteiger partial charge in [0.25, 0.3) is 5.91 Å². The van der Waals surface area contributed by atoms with Gasteiger partial charge < -0.3 is 11.1 Å². The van der Waals surface area contributed by atoms with Crippen molar-refractivity contribution in [3.63, 3.8) is 0 Å². The highest BCUT2D eigenvalue weighted by Gasteiger charge is 2.26. The van der Waals surface area contributed by atoms with Crippen molar-refractivity contribution in [2.45, 2.75) is 32.9 Å². The van der Waals surface area contributed by atoms with Crippen molar-refractivity contribution in [3.8, 4) is 0 Å². The molecule has 0 saturated carbocycles. The molecule has 0 radical (unpaired) electrons. The van der Waals surface area contributed by atoms with Gasteiger partial charge in [0.15, 0.2) is 0 Å². The SMILES string of the molecule is CCN1CCCC1NC(=O)c1cc(Cl)c(N)c(Cl)c1C. The van der Waals surface area contributed by atoms with Crippen LogP contribution in [0.2, 0.25) is 10.0 Å². The first-order valence-corrected chi connectivity index (χ1v) is 7.50. The molecule has 4 nitrogen and oxygen atoms in total. The van der Waals surface area contributed by atoms with Gasteiger partial charge in [-0.15, -0.1) is 0 Å². The second kappa shape index (κ2) is 6.20. The van der Waals surface area contributed by atoms with Crippen LogP contribution < -0.4 is 11.1 Å². The van der Waals surface area contributed by atoms with Crippen LogP contribution in [0.5, 0.6) is 0 Å². The first-order chi connectivity index (χ1) is 9.45. The van der Waals surface area contributed by atoms with Crippen LogP contribution in [0.25, 0.3) is 0 Å². The normalized spacial score (nSPS) is 19.3. The number of nitrogen functional groups attached to an aromatic ring is 1. The number of nitrogens with one attached hydrogen (secondary N) is 1. The molecule has 0 aromatic heterocycles. The summed E-state index contributed by atoms with van der Waals surface area (Å²) >= 11 is 12.1. The minimum atomic E-state index is -0.156. The summed E-state index contributed by atoms with van der Waals surface area (Å²) in [5.41, 5.74) is 7.22. The molecule has 0 aliphatic carbocycles. The molecule has 1 aliphatic heterocycles. The Balaban J connectivity index is 2.22. The Morgan fingerprint density at radius 1 is 1.55 bits per heavy atom. The highest BCUT2D eigenvalue weighted by atomic mass is 35.5. The lowest BCUT2D eigenvalue weighted by atomic mass is 10.1. The predicted octanol–water partition coefficient (Wildman–Crippen LogP) is 3.06. The summed E-state index contributed by atoms with van der Waals surface area (Å²) in [4.78, 5) is 14.6. The number of halogens is 2. The van der Waals surface area contributed by atoms with Crippen molar-refractivity contribution in [1.29, 1.82) is 0 Å². The summed E-state index contributed by atoms with van der Waals surface area (Å²) in [6.45, 7) is 5.81. The van der Waals surface area contributed by atoms with E-state index in [1.54, 1.807) is 13.0 Å². The van der Waals surface area contributed by atoms with Gasteiger partial charge in [0.1, 0.15) is 0 Å². The zero-order valence-electron chi connectivity index (χ0n) is 11.7. The van der Waals surface area contributed by atoms with E-state index in [-0.39, 0.29) is 12.1 Å². The van der Waals surface area contributed by atoms with E-state index in [2.05, 4.69) is 17.1 Å². The lowest BCUT2D eigenvalue weighted by molar-refractivity contribution is 0.0889. The van der Waals surface area contributed by atoms with Crippen LogP contribution in [0.4, 0.5) is 5.69 Å². The molecule has 0 bridgehead atoms. The fourth-order valence-electron chi connectivity index (χ4n) is 2.57. The van der Waals surface area contributed by atoms with E-state index in [0.29, 0.717) is 26.9 Å². The maximum Gasteiger partial charge on any atom is 0.252 e. The van der Waals surface area contributed by atoms with Crippen LogP contribution in [0.1, 0.15) is 35.7 Å². The lowest BCUT2D eigenvalue weighted by Gasteiger charge is -2.24. The Morgan fingerprint density at radius 2 is 2.25 bits per heavy atom. The van der Waals surface area contributed by atoms with Crippen LogP contribution in [-0.4, -0.2) is 30.1 Å². The number of carbonyl (C=O) groups excluding carboxylic acids is 1. The molecule has 1 fully saturated rings. The van der Waals surface area contributed by atoms with Crippen molar-refractivity contribution in [2.75, 3.05) is 18.8 Å². The summed E-state index contributed by atoms with van der Waals surface area (Å²) in [6, 6.07) is 1.58. The van der Waals surface area contributed by atoms with Gasteiger partial charge in [0.2, 0.25) is 0 Å². The van der Waals surface area contributed by atoms with Gasteiger partial charge in [-0.1, -0.05) is 30.1 Å². The second-order valence-corrected chi connectivity index (χ2v) is 5.80. The molecule has 1 unspecified atom stereocenters. The van der Waals surface area contributed by atoms with E-state index in [1.165, 1.54) is 0 Å². The zero-order chi connectivity index (χ0) is 14.9. The molecule has 6 heteroatoms. The third kappa shape index (κ3) is 2.87. The summed E-state index contributed by atoms with van der Waals surface area (Å²) in [6.07, 6.45) is 2.15. The van der Waals surface area contributed by atoms with Gasteiger partial charge in [0, 0.05) is 12.1 Å². The molecule has 110 valence electrons. The van der Waals surface area contributed by atoms with Crippen molar-refractivity contribution >= 4 is 34.8 Å². The smallest absolute Gasteiger partial charge is 0.252 e. The number of benzene rings is 1. The molecule has 20 heavy (non-hydrogen) atoms. The van der Waals surface area contributed by atoms with Gasteiger partial charge in [-0.2, -0.15) is 0 Å². The van der Waals surface area contributed by atoms with Crippen LogP contribution >= 0.6 is 23.2 Å². The monoisotopic (exact) mass is 315 g/mol. The van der Waals surface area contributed by atoms with Crippen molar-refractivity contribution < 1.29 is 4.79 Å². The van der Waals surface area contributed by atoms with E-state index in [9.17, 15) is 4.79 Å². The van der Waals surface area contributed by atoms with Crippen molar-refractivity contribution in [3.05, 3.63) is 27.2 Å². The topological polar surface area (TPSA) is 58.4 Å². The minimum Gasteiger partial charge on any atom is -0.396 e. The standard InChI is InChI=1S/C14H19Cl2N3O/c1-3-19-6-4-5-11(19)18-14(20)9-7-10(15)13(17)12(16)8(9)2/h7,11H,3-6,17H2,1-2H3,(H,18,20). The Labute approximate surface area is 129 Å². The molecular formula is C14H19Cl2N3O. The highest BCUT2D eigenvalue weighted by molar-refractivity contribution is 6.40. The van der Waals surface area contributed by atoms with E-state index >= 15 is 0 Å². The second-order valence-electron chi connectivity index (χ2n) is 5.02. The Kier molecular flexibility index (Phi) is 4.78. The number of nitrogens with zero attached hydrogens (tertiary/aromatic N) is 1. The first kappa shape index (κ1) is 15.4. The molecule has 3 N–H and O–H groups in total. The first-order valence-electron chi connectivity index (χ1n) is 6.74. The molecule has 1 saturated heterocycles. The van der Waals surface area contributed by atoms with E-state index in [1.807, 2.05) is 0 Å². The van der Waals surface area contributed by atoms with Gasteiger partial charge in [-0.25, -0.2) is 0 Å². The number of nitrogens with two attached hydrogens (primary N) is 1. The van der Waals surface area contributed by atoms with Gasteiger partial charge in [-0.3, -0.25) is 9.69 Å². The molecule has 1 aromatic carbocycles. The van der Waals surface area contributed by atoms with Crippen LogP contribution in [0.3, 0.4) is 0 Å². The number of amides is 1. The molecular weight excluding hydrogens is 297 g/mol. The summed E-state index contributed by atoms with van der Waals surface area (Å²) in [5, 5.41) is 3.70. The van der Waals surface area contributed by atoms with E-state index < -0.39 is 0 Å². The van der Waals surface area contributed by atoms with Crippen LogP contribution in [0, 0.1) is 6.92 Å². The van der Waals surface area contributed by atoms with Gasteiger partial charge in [-0.05, 0) is 37.9 Å². The number of hydrogen-bond acceptors (Lipinski definition) is 3. The number of likely N-dealkylation sites (tertiary alicyclic amines) is 1. The Hall–Kier alpha value is -0.970. The maximum atomic E-state index is 12.4. The van der Waals surface area contributed by atoms with Crippen molar-refractivity contribution in [1.82, 2.24) is 10.2 Å². The molecule has 0 spiro atoms. The molecule has 1 heterocycles. The highest BCUT2D eigenvalue weighted by Crippen LogP contribution is 2.33. The van der Waals surface area contributed by atoms with Crippen LogP contribution in [-0.2, 0) is 0 Å². The summed E-state index contributed by atoms with van der Waals surface area (Å²) in [5.74, 6) is -0.156. The largest absolute Gasteiger partial charge is 0.396 e. The van der Waals surface area contributed by atoms with E-state index in [0.717, 1.165) is 25.9 Å². The Bertz CT molecular complexity index is 534. The number of anilines is 1. The predicted molar refractivity (Wildman–Crippen MR) is 83.3 cm³/mol. The number of rotatable bonds is 3. The quantitative estimate of drug-likeness (QED) is 0.843. The third-order valence-electron chi connectivity index (χ3n) is 3.81. The Morgan fingerprint density at radius 3 is 2.90 bits per heavy atom. The molecule has 1 amide bonds. The number of hydrogen-bond donors (Lipinski definition) is 2. The van der Waals surface area contributed by atoms with Crippen molar-refractivity contribution in [2.24, 2.45) is 0 Å². The molecule has 1 aromatic rings. The zero-order valence-corrected chi connectivity index (χ0v) is 13.2. The molecule has 1 atom stereocenters. The molecule has 1 aliphatic rings. The van der Waals surface area contributed by atoms with Gasteiger partial charge in [0.05, 0.1) is 21.9 Å². The van der Waals surface area contributed by atoms with Gasteiger partial charge >= 0.3 is 0 Å². The average Bonchev–Trinajstić information content (AvgIpc) is 2.87.